The van der Waals surface area contributed by atoms with Gasteiger partial charge in [0.1, 0.15) is 6.61 Å². The lowest BCUT2D eigenvalue weighted by molar-refractivity contribution is -0.125. The van der Waals surface area contributed by atoms with Crippen LogP contribution < -0.4 is 20.1 Å². The molecule has 0 atom stereocenters. The summed E-state index contributed by atoms with van der Waals surface area (Å²) in [7, 11) is 4.61. The van der Waals surface area contributed by atoms with Crippen LogP contribution in [-0.2, 0) is 20.7 Å². The highest BCUT2D eigenvalue weighted by Gasteiger charge is 2.07. The lowest BCUT2D eigenvalue weighted by Gasteiger charge is -2.10. The molecule has 0 bridgehead atoms. The number of nitrogens with one attached hydrogen (secondary N) is 2. The van der Waals surface area contributed by atoms with Gasteiger partial charge in [-0.15, -0.1) is 0 Å². The zero-order valence-corrected chi connectivity index (χ0v) is 13.8. The Labute approximate surface area is 136 Å². The van der Waals surface area contributed by atoms with Gasteiger partial charge < -0.3 is 24.8 Å². The Morgan fingerprint density at radius 1 is 0.957 bits per heavy atom. The fourth-order valence-corrected chi connectivity index (χ4v) is 1.97. The summed E-state index contributed by atoms with van der Waals surface area (Å²) in [5, 5.41) is 5.38. The normalized spacial score (nSPS) is 10.0. The fraction of sp³-hybridized carbons (Fsp3) is 0.500. The molecule has 0 aliphatic carbocycles. The first kappa shape index (κ1) is 18.8. The monoisotopic (exact) mass is 324 g/mol. The largest absolute Gasteiger partial charge is 0.493 e. The van der Waals surface area contributed by atoms with Crippen LogP contribution in [0.4, 0.5) is 0 Å². The van der Waals surface area contributed by atoms with Gasteiger partial charge in [-0.2, -0.15) is 0 Å². The van der Waals surface area contributed by atoms with Crippen molar-refractivity contribution in [3.05, 3.63) is 23.8 Å². The van der Waals surface area contributed by atoms with Crippen LogP contribution in [0.25, 0.3) is 0 Å². The van der Waals surface area contributed by atoms with Gasteiger partial charge in [0.2, 0.25) is 11.8 Å². The van der Waals surface area contributed by atoms with Crippen LogP contribution in [0.2, 0.25) is 0 Å². The minimum absolute atomic E-state index is 0.0211. The Bertz CT molecular complexity index is 519. The minimum Gasteiger partial charge on any atom is -0.493 e. The summed E-state index contributed by atoms with van der Waals surface area (Å²) in [6, 6.07) is 5.58. The van der Waals surface area contributed by atoms with E-state index in [4.69, 9.17) is 9.47 Å². The zero-order chi connectivity index (χ0) is 17.1. The smallest absolute Gasteiger partial charge is 0.246 e. The second-order valence-electron chi connectivity index (χ2n) is 4.82. The molecule has 0 aromatic heterocycles. The first-order chi connectivity index (χ1) is 11.1. The lowest BCUT2D eigenvalue weighted by Crippen LogP contribution is -2.36. The van der Waals surface area contributed by atoms with Gasteiger partial charge in [-0.25, -0.2) is 0 Å². The quantitative estimate of drug-likeness (QED) is 0.613. The molecule has 0 spiro atoms. The molecule has 2 N–H and O–H groups in total. The molecular weight excluding hydrogens is 300 g/mol. The number of carbonyl (C=O) groups is 2. The molecule has 0 heterocycles. The Morgan fingerprint density at radius 2 is 1.61 bits per heavy atom. The second kappa shape index (κ2) is 10.4. The molecule has 7 nitrogen and oxygen atoms in total. The van der Waals surface area contributed by atoms with Crippen LogP contribution in [0.15, 0.2) is 18.2 Å². The van der Waals surface area contributed by atoms with E-state index >= 15 is 0 Å². The molecule has 1 rings (SSSR count). The van der Waals surface area contributed by atoms with Crippen molar-refractivity contribution in [2.45, 2.75) is 12.8 Å². The average Bonchev–Trinajstić information content (AvgIpc) is 2.56. The third kappa shape index (κ3) is 7.01. The molecule has 128 valence electrons. The molecule has 0 aliphatic heterocycles. The first-order valence-corrected chi connectivity index (χ1v) is 7.34. The van der Waals surface area contributed by atoms with Gasteiger partial charge in [-0.05, 0) is 24.1 Å². The number of hydrogen-bond donors (Lipinski definition) is 2. The van der Waals surface area contributed by atoms with Crippen molar-refractivity contribution in [2.24, 2.45) is 0 Å². The van der Waals surface area contributed by atoms with E-state index in [1.54, 1.807) is 14.2 Å². The van der Waals surface area contributed by atoms with Crippen molar-refractivity contribution in [1.82, 2.24) is 10.6 Å². The highest BCUT2D eigenvalue weighted by molar-refractivity contribution is 5.78. The number of rotatable bonds is 10. The summed E-state index contributed by atoms with van der Waals surface area (Å²) >= 11 is 0. The number of hydrogen-bond acceptors (Lipinski definition) is 5. The number of benzene rings is 1. The fourth-order valence-electron chi connectivity index (χ4n) is 1.97. The van der Waals surface area contributed by atoms with E-state index in [1.807, 2.05) is 18.2 Å². The second-order valence-corrected chi connectivity index (χ2v) is 4.82. The summed E-state index contributed by atoms with van der Waals surface area (Å²) in [5.74, 6) is 1.03. The first-order valence-electron chi connectivity index (χ1n) is 7.34. The van der Waals surface area contributed by atoms with E-state index in [9.17, 15) is 9.59 Å². The van der Waals surface area contributed by atoms with Crippen molar-refractivity contribution < 1.29 is 23.8 Å². The minimum atomic E-state index is -0.202. The van der Waals surface area contributed by atoms with E-state index in [0.717, 1.165) is 5.56 Å². The predicted molar refractivity (Wildman–Crippen MR) is 85.8 cm³/mol. The number of carbonyl (C=O) groups excluding carboxylic acids is 2. The van der Waals surface area contributed by atoms with Gasteiger partial charge in [0.15, 0.2) is 11.5 Å². The van der Waals surface area contributed by atoms with E-state index < -0.39 is 0 Å². The van der Waals surface area contributed by atoms with Crippen LogP contribution in [0.5, 0.6) is 11.5 Å². The highest BCUT2D eigenvalue weighted by Crippen LogP contribution is 2.27. The number of methoxy groups -OCH3 is 3. The summed E-state index contributed by atoms with van der Waals surface area (Å²) in [6.07, 6.45) is 0.962. The SMILES string of the molecule is COCC(=O)NCCNC(=O)CCc1ccc(OC)c(OC)c1. The van der Waals surface area contributed by atoms with Crippen LogP contribution >= 0.6 is 0 Å². The molecule has 0 saturated carbocycles. The summed E-state index contributed by atoms with van der Waals surface area (Å²) < 4.78 is 15.1. The van der Waals surface area contributed by atoms with Gasteiger partial charge >= 0.3 is 0 Å². The third-order valence-electron chi connectivity index (χ3n) is 3.13. The third-order valence-corrected chi connectivity index (χ3v) is 3.13. The highest BCUT2D eigenvalue weighted by atomic mass is 16.5. The molecule has 0 saturated heterocycles. The van der Waals surface area contributed by atoms with Gasteiger partial charge in [0, 0.05) is 26.6 Å². The molecular formula is C16H24N2O5. The Kier molecular flexibility index (Phi) is 8.52. The average molecular weight is 324 g/mol. The number of amides is 2. The molecule has 1 aromatic rings. The van der Waals surface area contributed by atoms with E-state index in [-0.39, 0.29) is 18.4 Å². The van der Waals surface area contributed by atoms with Crippen molar-refractivity contribution >= 4 is 11.8 Å². The topological polar surface area (TPSA) is 85.9 Å². The zero-order valence-electron chi connectivity index (χ0n) is 13.8. The van der Waals surface area contributed by atoms with Crippen LogP contribution in [0.3, 0.4) is 0 Å². The lowest BCUT2D eigenvalue weighted by atomic mass is 10.1. The van der Waals surface area contributed by atoms with E-state index in [2.05, 4.69) is 15.4 Å². The standard InChI is InChI=1S/C16H24N2O5/c1-21-11-16(20)18-9-8-17-15(19)7-5-12-4-6-13(22-2)14(10-12)23-3/h4,6,10H,5,7-9,11H2,1-3H3,(H,17,19)(H,18,20). The summed E-state index contributed by atoms with van der Waals surface area (Å²) in [6.45, 7) is 0.789. The maximum atomic E-state index is 11.8. The number of aryl methyl sites for hydroxylation is 1. The summed E-state index contributed by atoms with van der Waals surface area (Å²) in [4.78, 5) is 22.9. The Balaban J connectivity index is 2.29. The molecule has 23 heavy (non-hydrogen) atoms. The van der Waals surface area contributed by atoms with Gasteiger partial charge in [-0.3, -0.25) is 9.59 Å². The van der Waals surface area contributed by atoms with Gasteiger partial charge in [0.25, 0.3) is 0 Å². The van der Waals surface area contributed by atoms with Crippen molar-refractivity contribution in [3.8, 4) is 11.5 Å². The maximum Gasteiger partial charge on any atom is 0.246 e. The van der Waals surface area contributed by atoms with Crippen LogP contribution in [-0.4, -0.2) is 52.8 Å². The van der Waals surface area contributed by atoms with E-state index in [0.29, 0.717) is 37.4 Å². The molecule has 2 amide bonds. The maximum absolute atomic E-state index is 11.8. The van der Waals surface area contributed by atoms with Crippen LogP contribution in [0, 0.1) is 0 Å². The number of ether oxygens (including phenoxy) is 3. The molecule has 0 unspecified atom stereocenters. The van der Waals surface area contributed by atoms with Crippen LogP contribution in [0.1, 0.15) is 12.0 Å². The molecule has 1 aromatic carbocycles. The van der Waals surface area contributed by atoms with Gasteiger partial charge in [0.05, 0.1) is 14.2 Å². The summed E-state index contributed by atoms with van der Waals surface area (Å²) in [5.41, 5.74) is 0.992. The Morgan fingerprint density at radius 3 is 2.22 bits per heavy atom. The molecule has 7 heteroatoms. The van der Waals surface area contributed by atoms with Gasteiger partial charge in [-0.1, -0.05) is 6.07 Å². The molecule has 0 fully saturated rings. The Hall–Kier alpha value is -2.28. The predicted octanol–water partition coefficient (Wildman–Crippen LogP) is 0.515. The molecule has 0 aliphatic rings. The van der Waals surface area contributed by atoms with Crippen molar-refractivity contribution in [3.63, 3.8) is 0 Å². The van der Waals surface area contributed by atoms with Crippen molar-refractivity contribution in [1.29, 1.82) is 0 Å². The van der Waals surface area contributed by atoms with E-state index in [1.165, 1.54) is 7.11 Å². The molecule has 0 radical (unpaired) electrons. The van der Waals surface area contributed by atoms with Crippen molar-refractivity contribution in [2.75, 3.05) is 41.0 Å².